The minimum atomic E-state index is -0.950. The first kappa shape index (κ1) is 15.2. The molecule has 7 nitrogen and oxygen atoms in total. The number of carbonyl (C=O) groups is 2. The van der Waals surface area contributed by atoms with Crippen LogP contribution in [0.25, 0.3) is 0 Å². The van der Waals surface area contributed by atoms with Crippen LogP contribution in [0.1, 0.15) is 12.8 Å². The summed E-state index contributed by atoms with van der Waals surface area (Å²) in [6.07, 6.45) is 3.54. The number of ether oxygens (including phenoxy) is 3. The summed E-state index contributed by atoms with van der Waals surface area (Å²) in [5.41, 5.74) is 0. The molecule has 0 aliphatic rings. The number of nitrogens with one attached hydrogen (secondary N) is 1. The van der Waals surface area contributed by atoms with E-state index in [1.165, 1.54) is 19.6 Å². The highest BCUT2D eigenvalue weighted by molar-refractivity contribution is 5.69. The van der Waals surface area contributed by atoms with Gasteiger partial charge in [0.05, 0.1) is 13.7 Å². The molecule has 0 aromatic carbocycles. The molecule has 2 N–H and O–H groups in total. The number of carboxylic acid groups (broad SMARTS) is 1. The molecule has 0 atom stereocenters. The summed E-state index contributed by atoms with van der Waals surface area (Å²) in [7, 11) is 1.33. The number of hydrogen-bond acceptors (Lipinski definition) is 6. The number of hydrogen-bond donors (Lipinski definition) is 2. The number of esters is 1. The van der Waals surface area contributed by atoms with Crippen molar-refractivity contribution in [3.8, 4) is 0 Å². The van der Waals surface area contributed by atoms with Crippen LogP contribution in [-0.4, -0.2) is 44.1 Å². The lowest BCUT2D eigenvalue weighted by Crippen LogP contribution is -2.16. The number of methoxy groups -OCH3 is 1. The molecule has 0 saturated heterocycles. The maximum Gasteiger partial charge on any atom is 0.322 e. The van der Waals surface area contributed by atoms with Crippen molar-refractivity contribution in [1.82, 2.24) is 5.32 Å². The van der Waals surface area contributed by atoms with Crippen LogP contribution in [0.5, 0.6) is 0 Å². The second-order valence-corrected chi connectivity index (χ2v) is 2.95. The van der Waals surface area contributed by atoms with Crippen LogP contribution in [0, 0.1) is 0 Å². The smallest absolute Gasteiger partial charge is 0.322 e. The minimum Gasteiger partial charge on any atom is -0.480 e. The van der Waals surface area contributed by atoms with E-state index in [0.717, 1.165) is 0 Å². The predicted molar refractivity (Wildman–Crippen MR) is 57.9 cm³/mol. The lowest BCUT2D eigenvalue weighted by molar-refractivity contribution is -0.141. The van der Waals surface area contributed by atoms with E-state index >= 15 is 0 Å². The zero-order valence-corrected chi connectivity index (χ0v) is 9.68. The van der Waals surface area contributed by atoms with Crippen LogP contribution in [-0.2, 0) is 23.8 Å². The molecule has 0 rings (SSSR count). The number of carbonyl (C=O) groups excluding carboxylic acids is 1. The molecule has 0 unspecified atom stereocenters. The topological polar surface area (TPSA) is 94.1 Å². The minimum absolute atomic E-state index is 0.0480. The summed E-state index contributed by atoms with van der Waals surface area (Å²) in [6, 6.07) is 0. The first-order valence-electron chi connectivity index (χ1n) is 5.03. The van der Waals surface area contributed by atoms with Crippen LogP contribution in [0.15, 0.2) is 12.5 Å². The van der Waals surface area contributed by atoms with Gasteiger partial charge < -0.3 is 24.6 Å². The Kier molecular flexibility index (Phi) is 9.64. The Balaban J connectivity index is 3.18. The summed E-state index contributed by atoms with van der Waals surface area (Å²) >= 11 is 0. The van der Waals surface area contributed by atoms with Crippen molar-refractivity contribution in [2.24, 2.45) is 0 Å². The molecule has 7 heteroatoms. The van der Waals surface area contributed by atoms with Gasteiger partial charge in [-0.15, -0.1) is 0 Å². The summed E-state index contributed by atoms with van der Waals surface area (Å²) < 4.78 is 14.4. The Morgan fingerprint density at radius 2 is 2.18 bits per heavy atom. The van der Waals surface area contributed by atoms with E-state index in [2.05, 4.69) is 10.1 Å². The van der Waals surface area contributed by atoms with Gasteiger partial charge >= 0.3 is 11.9 Å². The maximum atomic E-state index is 10.7. The first-order valence-corrected chi connectivity index (χ1v) is 5.03. The Hall–Kier alpha value is -1.76. The molecule has 0 amide bonds. The molecule has 0 aliphatic carbocycles. The molecular formula is C10H17NO6. The zero-order valence-electron chi connectivity index (χ0n) is 9.68. The van der Waals surface area contributed by atoms with Gasteiger partial charge in [-0.25, -0.2) is 0 Å². The number of rotatable bonds is 10. The molecule has 98 valence electrons. The molecule has 0 aromatic heterocycles. The molecule has 0 aromatic rings. The lowest BCUT2D eigenvalue weighted by atomic mass is 10.3. The SMILES string of the molecule is COC(=O)CCCOCOC=CNCC(=O)O. The third kappa shape index (κ3) is 12.2. The van der Waals surface area contributed by atoms with Crippen LogP contribution in [0.2, 0.25) is 0 Å². The quantitative estimate of drug-likeness (QED) is 0.244. The highest BCUT2D eigenvalue weighted by Gasteiger charge is 1.98. The fourth-order valence-corrected chi connectivity index (χ4v) is 0.809. The van der Waals surface area contributed by atoms with E-state index in [1.54, 1.807) is 0 Å². The van der Waals surface area contributed by atoms with E-state index < -0.39 is 5.97 Å². The average molecular weight is 247 g/mol. The number of carboxylic acids is 1. The average Bonchev–Trinajstić information content (AvgIpc) is 2.30. The van der Waals surface area contributed by atoms with Crippen molar-refractivity contribution in [3.05, 3.63) is 12.5 Å². The van der Waals surface area contributed by atoms with Gasteiger partial charge in [0.25, 0.3) is 0 Å². The second kappa shape index (κ2) is 10.7. The molecule has 0 aliphatic heterocycles. The fourth-order valence-electron chi connectivity index (χ4n) is 0.809. The first-order chi connectivity index (χ1) is 8.16. The molecular weight excluding hydrogens is 230 g/mol. The maximum absolute atomic E-state index is 10.7. The normalized spacial score (nSPS) is 10.2. The molecule has 0 heterocycles. The lowest BCUT2D eigenvalue weighted by Gasteiger charge is -2.03. The van der Waals surface area contributed by atoms with Gasteiger partial charge in [0.2, 0.25) is 0 Å². The van der Waals surface area contributed by atoms with Gasteiger partial charge in [0, 0.05) is 12.6 Å². The van der Waals surface area contributed by atoms with Crippen LogP contribution < -0.4 is 5.32 Å². The highest BCUT2D eigenvalue weighted by Crippen LogP contribution is 1.92. The molecule has 0 spiro atoms. The largest absolute Gasteiger partial charge is 0.480 e. The van der Waals surface area contributed by atoms with Gasteiger partial charge in [0.1, 0.15) is 12.8 Å². The predicted octanol–water partition coefficient (Wildman–Crippen LogP) is 0.0757. The van der Waals surface area contributed by atoms with Crippen LogP contribution >= 0.6 is 0 Å². The van der Waals surface area contributed by atoms with Crippen LogP contribution in [0.3, 0.4) is 0 Å². The molecule has 0 saturated carbocycles. The summed E-state index contributed by atoms with van der Waals surface area (Å²) in [6.45, 7) is 0.276. The summed E-state index contributed by atoms with van der Waals surface area (Å²) in [5, 5.41) is 10.8. The van der Waals surface area contributed by atoms with Gasteiger partial charge in [-0.05, 0) is 6.42 Å². The van der Waals surface area contributed by atoms with Gasteiger partial charge in [0.15, 0.2) is 6.79 Å². The van der Waals surface area contributed by atoms with Crippen molar-refractivity contribution < 1.29 is 28.9 Å². The zero-order chi connectivity index (χ0) is 12.9. The standard InChI is InChI=1S/C10H17NO6/c1-15-10(14)3-2-5-16-8-17-6-4-11-7-9(12)13/h4,6,11H,2-3,5,7-8H2,1H3,(H,12,13). The van der Waals surface area contributed by atoms with Crippen LogP contribution in [0.4, 0.5) is 0 Å². The summed E-state index contributed by atoms with van der Waals surface area (Å²) in [5.74, 6) is -1.22. The van der Waals surface area contributed by atoms with Crippen molar-refractivity contribution >= 4 is 11.9 Å². The van der Waals surface area contributed by atoms with Gasteiger partial charge in [-0.2, -0.15) is 0 Å². The van der Waals surface area contributed by atoms with E-state index in [-0.39, 0.29) is 19.3 Å². The van der Waals surface area contributed by atoms with Crippen molar-refractivity contribution in [1.29, 1.82) is 0 Å². The van der Waals surface area contributed by atoms with E-state index in [4.69, 9.17) is 14.6 Å². The second-order valence-electron chi connectivity index (χ2n) is 2.95. The van der Waals surface area contributed by atoms with Gasteiger partial charge in [-0.1, -0.05) is 0 Å². The molecule has 0 bridgehead atoms. The Bertz CT molecular complexity index is 253. The highest BCUT2D eigenvalue weighted by atomic mass is 16.7. The third-order valence-corrected chi connectivity index (χ3v) is 1.58. The number of aliphatic carboxylic acids is 1. The Morgan fingerprint density at radius 1 is 1.41 bits per heavy atom. The van der Waals surface area contributed by atoms with Gasteiger partial charge in [-0.3, -0.25) is 9.59 Å². The molecule has 0 radical (unpaired) electrons. The summed E-state index contributed by atoms with van der Waals surface area (Å²) in [4.78, 5) is 20.8. The molecule has 0 fully saturated rings. The van der Waals surface area contributed by atoms with E-state index in [9.17, 15) is 9.59 Å². The Morgan fingerprint density at radius 3 is 2.82 bits per heavy atom. The van der Waals surface area contributed by atoms with E-state index in [1.807, 2.05) is 0 Å². The van der Waals surface area contributed by atoms with Crippen molar-refractivity contribution in [3.63, 3.8) is 0 Å². The van der Waals surface area contributed by atoms with E-state index in [0.29, 0.717) is 19.4 Å². The molecule has 17 heavy (non-hydrogen) atoms. The fraction of sp³-hybridized carbons (Fsp3) is 0.600. The Labute approximate surface area is 99.3 Å². The monoisotopic (exact) mass is 247 g/mol. The van der Waals surface area contributed by atoms with Crippen molar-refractivity contribution in [2.45, 2.75) is 12.8 Å². The third-order valence-electron chi connectivity index (χ3n) is 1.58. The van der Waals surface area contributed by atoms with Crippen molar-refractivity contribution in [2.75, 3.05) is 27.1 Å².